The molecular formula is C18H20ClN5O. The number of halogens is 1. The summed E-state index contributed by atoms with van der Waals surface area (Å²) in [6, 6.07) is 5.70. The second kappa shape index (κ2) is 6.61. The van der Waals surface area contributed by atoms with Gasteiger partial charge in [0.1, 0.15) is 24.1 Å². The van der Waals surface area contributed by atoms with Crippen molar-refractivity contribution in [3.63, 3.8) is 0 Å². The molecule has 0 radical (unpaired) electrons. The van der Waals surface area contributed by atoms with E-state index in [4.69, 9.17) is 11.6 Å². The van der Waals surface area contributed by atoms with E-state index >= 15 is 0 Å². The summed E-state index contributed by atoms with van der Waals surface area (Å²) in [4.78, 5) is 15.3. The van der Waals surface area contributed by atoms with Gasteiger partial charge < -0.3 is 14.6 Å². The minimum atomic E-state index is -0.525. The molecule has 130 valence electrons. The van der Waals surface area contributed by atoms with Crippen LogP contribution in [0.25, 0.3) is 10.9 Å². The molecule has 6 nitrogen and oxygen atoms in total. The van der Waals surface area contributed by atoms with Gasteiger partial charge in [-0.05, 0) is 37.0 Å². The Balaban J connectivity index is 1.52. The molecule has 3 heterocycles. The number of rotatable bonds is 3. The van der Waals surface area contributed by atoms with Crippen LogP contribution in [0, 0.1) is 5.92 Å². The fraction of sp³-hybridized carbons (Fsp3) is 0.389. The lowest BCUT2D eigenvalue weighted by Crippen LogP contribution is -2.36. The number of aliphatic hydroxyl groups excluding tert-OH is 1. The number of anilines is 1. The molecule has 1 fully saturated rings. The van der Waals surface area contributed by atoms with Crippen LogP contribution in [0.2, 0.25) is 5.02 Å². The van der Waals surface area contributed by atoms with E-state index in [1.807, 2.05) is 36.0 Å². The van der Waals surface area contributed by atoms with E-state index in [0.717, 1.165) is 48.5 Å². The highest BCUT2D eigenvalue weighted by Gasteiger charge is 2.29. The summed E-state index contributed by atoms with van der Waals surface area (Å²) in [5.41, 5.74) is 0.854. The van der Waals surface area contributed by atoms with Gasteiger partial charge in [-0.25, -0.2) is 15.0 Å². The van der Waals surface area contributed by atoms with Gasteiger partial charge in [-0.2, -0.15) is 0 Å². The Morgan fingerprint density at radius 2 is 2.00 bits per heavy atom. The Labute approximate surface area is 151 Å². The van der Waals surface area contributed by atoms with Crippen molar-refractivity contribution in [2.75, 3.05) is 18.0 Å². The third kappa shape index (κ3) is 3.07. The molecule has 4 rings (SSSR count). The first-order valence-electron chi connectivity index (χ1n) is 8.44. The number of hydrogen-bond donors (Lipinski definition) is 1. The number of imidazole rings is 1. The second-order valence-electron chi connectivity index (χ2n) is 6.52. The van der Waals surface area contributed by atoms with Crippen molar-refractivity contribution >= 4 is 28.3 Å². The van der Waals surface area contributed by atoms with Crippen molar-refractivity contribution in [2.24, 2.45) is 13.0 Å². The summed E-state index contributed by atoms with van der Waals surface area (Å²) in [5, 5.41) is 12.3. The van der Waals surface area contributed by atoms with Gasteiger partial charge in [0, 0.05) is 42.9 Å². The summed E-state index contributed by atoms with van der Waals surface area (Å²) < 4.78 is 1.89. The molecule has 1 atom stereocenters. The molecule has 1 saturated heterocycles. The highest BCUT2D eigenvalue weighted by molar-refractivity contribution is 6.31. The van der Waals surface area contributed by atoms with Gasteiger partial charge >= 0.3 is 0 Å². The van der Waals surface area contributed by atoms with Gasteiger partial charge in [0.15, 0.2) is 0 Å². The zero-order chi connectivity index (χ0) is 17.4. The van der Waals surface area contributed by atoms with E-state index in [9.17, 15) is 5.11 Å². The lowest BCUT2D eigenvalue weighted by Gasteiger charge is -2.35. The zero-order valence-corrected chi connectivity index (χ0v) is 14.8. The van der Waals surface area contributed by atoms with E-state index in [1.54, 1.807) is 12.5 Å². The summed E-state index contributed by atoms with van der Waals surface area (Å²) in [6.45, 7) is 1.70. The first-order chi connectivity index (χ1) is 12.1. The lowest BCUT2D eigenvalue weighted by atomic mass is 9.90. The second-order valence-corrected chi connectivity index (χ2v) is 6.96. The largest absolute Gasteiger partial charge is 0.385 e. The maximum Gasteiger partial charge on any atom is 0.139 e. The highest BCUT2D eigenvalue weighted by atomic mass is 35.5. The zero-order valence-electron chi connectivity index (χ0n) is 14.0. The highest BCUT2D eigenvalue weighted by Crippen LogP contribution is 2.33. The molecular weight excluding hydrogens is 338 g/mol. The van der Waals surface area contributed by atoms with Crippen LogP contribution in [-0.4, -0.2) is 37.7 Å². The predicted octanol–water partition coefficient (Wildman–Crippen LogP) is 2.97. The molecule has 0 aliphatic carbocycles. The first-order valence-corrected chi connectivity index (χ1v) is 8.82. The molecule has 1 unspecified atom stereocenters. The SMILES string of the molecule is Cn1ccnc1C(O)C1CCN(c2ncnc3cc(Cl)ccc23)CC1. The predicted molar refractivity (Wildman–Crippen MR) is 97.7 cm³/mol. The molecule has 3 aromatic rings. The molecule has 1 aliphatic rings. The number of aromatic nitrogens is 4. The van der Waals surface area contributed by atoms with Gasteiger partial charge in [-0.3, -0.25) is 0 Å². The molecule has 0 saturated carbocycles. The molecule has 1 N–H and O–H groups in total. The Kier molecular flexibility index (Phi) is 4.31. The molecule has 7 heteroatoms. The number of aryl methyl sites for hydroxylation is 1. The Hall–Kier alpha value is -2.18. The normalized spacial score (nSPS) is 17.2. The molecule has 1 aliphatic heterocycles. The Morgan fingerprint density at radius 3 is 2.72 bits per heavy atom. The summed E-state index contributed by atoms with van der Waals surface area (Å²) in [6.07, 6.45) is 6.45. The van der Waals surface area contributed by atoms with E-state index in [2.05, 4.69) is 19.9 Å². The fourth-order valence-corrected chi connectivity index (χ4v) is 3.73. The van der Waals surface area contributed by atoms with Gasteiger partial charge in [0.05, 0.1) is 5.52 Å². The number of aliphatic hydroxyl groups is 1. The van der Waals surface area contributed by atoms with Gasteiger partial charge in [0.2, 0.25) is 0 Å². The topological polar surface area (TPSA) is 67.1 Å². The van der Waals surface area contributed by atoms with Crippen LogP contribution in [0.15, 0.2) is 36.9 Å². The molecule has 0 amide bonds. The number of piperidine rings is 1. The maximum atomic E-state index is 10.6. The average Bonchev–Trinajstić information content (AvgIpc) is 3.06. The van der Waals surface area contributed by atoms with Crippen LogP contribution in [-0.2, 0) is 7.05 Å². The van der Waals surface area contributed by atoms with E-state index < -0.39 is 6.10 Å². The number of hydrogen-bond acceptors (Lipinski definition) is 5. The van der Waals surface area contributed by atoms with E-state index in [-0.39, 0.29) is 5.92 Å². The molecule has 2 aromatic heterocycles. The van der Waals surface area contributed by atoms with Crippen LogP contribution in [0.5, 0.6) is 0 Å². The molecule has 0 bridgehead atoms. The standard InChI is InChI=1S/C18H20ClN5O/c1-23-9-6-20-18(23)16(25)12-4-7-24(8-5-12)17-14-3-2-13(19)10-15(14)21-11-22-17/h2-3,6,9-12,16,25H,4-5,7-8H2,1H3. The smallest absolute Gasteiger partial charge is 0.139 e. The summed E-state index contributed by atoms with van der Waals surface area (Å²) in [7, 11) is 1.92. The average molecular weight is 358 g/mol. The summed E-state index contributed by atoms with van der Waals surface area (Å²) in [5.74, 6) is 1.88. The summed E-state index contributed by atoms with van der Waals surface area (Å²) >= 11 is 6.06. The first kappa shape index (κ1) is 16.3. The lowest BCUT2D eigenvalue weighted by molar-refractivity contribution is 0.0824. The third-order valence-electron chi connectivity index (χ3n) is 4.99. The fourth-order valence-electron chi connectivity index (χ4n) is 3.57. The Morgan fingerprint density at radius 1 is 1.20 bits per heavy atom. The Bertz CT molecular complexity index is 888. The molecule has 25 heavy (non-hydrogen) atoms. The van der Waals surface area contributed by atoms with Crippen molar-refractivity contribution in [1.29, 1.82) is 0 Å². The number of fused-ring (bicyclic) bond motifs is 1. The molecule has 0 spiro atoms. The van der Waals surface area contributed by atoms with Crippen LogP contribution >= 0.6 is 11.6 Å². The van der Waals surface area contributed by atoms with Gasteiger partial charge in [0.25, 0.3) is 0 Å². The van der Waals surface area contributed by atoms with E-state index in [1.165, 1.54) is 0 Å². The van der Waals surface area contributed by atoms with Crippen molar-refractivity contribution in [3.05, 3.63) is 47.8 Å². The number of nitrogens with zero attached hydrogens (tertiary/aromatic N) is 5. The van der Waals surface area contributed by atoms with Crippen molar-refractivity contribution in [3.8, 4) is 0 Å². The maximum absolute atomic E-state index is 10.6. The third-order valence-corrected chi connectivity index (χ3v) is 5.22. The number of benzene rings is 1. The van der Waals surface area contributed by atoms with Crippen LogP contribution in [0.4, 0.5) is 5.82 Å². The van der Waals surface area contributed by atoms with E-state index in [0.29, 0.717) is 5.02 Å². The molecule has 1 aromatic carbocycles. The van der Waals surface area contributed by atoms with Gasteiger partial charge in [-0.15, -0.1) is 0 Å². The quantitative estimate of drug-likeness (QED) is 0.780. The van der Waals surface area contributed by atoms with Crippen molar-refractivity contribution in [2.45, 2.75) is 18.9 Å². The van der Waals surface area contributed by atoms with Crippen molar-refractivity contribution in [1.82, 2.24) is 19.5 Å². The minimum absolute atomic E-state index is 0.208. The minimum Gasteiger partial charge on any atom is -0.385 e. The van der Waals surface area contributed by atoms with Crippen molar-refractivity contribution < 1.29 is 5.11 Å². The monoisotopic (exact) mass is 357 g/mol. The van der Waals surface area contributed by atoms with Crippen LogP contribution in [0.3, 0.4) is 0 Å². The van der Waals surface area contributed by atoms with Crippen LogP contribution in [0.1, 0.15) is 24.8 Å². The van der Waals surface area contributed by atoms with Gasteiger partial charge in [-0.1, -0.05) is 11.6 Å². The van der Waals surface area contributed by atoms with Crippen LogP contribution < -0.4 is 4.90 Å².